The molecule has 7 heteroatoms. The standard InChI is InChI=1S/C26H24ClFN2O2S/c1-15-9-11-23(16(2)13-15)30-33(31,32)17-10-12-24-20(14-17)18-5-3-6-19(18)26(29-24)25-21(27)7-4-8-22(25)28/h3-5,7-14,18-19,26,29-30H,6H2,1-2H3/t18-,19+,26-/m0/s1. The first-order valence-corrected chi connectivity index (χ1v) is 12.7. The molecule has 0 bridgehead atoms. The summed E-state index contributed by atoms with van der Waals surface area (Å²) in [5, 5.41) is 3.82. The zero-order valence-corrected chi connectivity index (χ0v) is 19.8. The number of fused-ring (bicyclic) bond motifs is 3. The van der Waals surface area contributed by atoms with Crippen molar-refractivity contribution in [3.63, 3.8) is 0 Å². The molecule has 0 unspecified atom stereocenters. The van der Waals surface area contributed by atoms with Gasteiger partial charge >= 0.3 is 0 Å². The maximum absolute atomic E-state index is 14.7. The van der Waals surface area contributed by atoms with E-state index in [1.165, 1.54) is 6.07 Å². The number of sulfonamides is 1. The quantitative estimate of drug-likeness (QED) is 0.405. The van der Waals surface area contributed by atoms with Crippen LogP contribution in [0, 0.1) is 25.6 Å². The summed E-state index contributed by atoms with van der Waals surface area (Å²) in [6, 6.07) is 15.1. The van der Waals surface area contributed by atoms with Crippen LogP contribution in [0.5, 0.6) is 0 Å². The summed E-state index contributed by atoms with van der Waals surface area (Å²) in [4.78, 5) is 0.199. The van der Waals surface area contributed by atoms with E-state index in [1.807, 2.05) is 26.0 Å². The number of nitrogens with one attached hydrogen (secondary N) is 2. The van der Waals surface area contributed by atoms with Crippen LogP contribution in [0.1, 0.15) is 40.6 Å². The minimum absolute atomic E-state index is 0.0295. The van der Waals surface area contributed by atoms with Gasteiger partial charge in [-0.2, -0.15) is 0 Å². The van der Waals surface area contributed by atoms with Crippen LogP contribution in [-0.2, 0) is 10.0 Å². The molecule has 0 amide bonds. The second kappa shape index (κ2) is 8.19. The minimum Gasteiger partial charge on any atom is -0.378 e. The molecule has 0 fully saturated rings. The van der Waals surface area contributed by atoms with E-state index in [0.29, 0.717) is 16.3 Å². The third-order valence-corrected chi connectivity index (χ3v) is 8.27. The Bertz CT molecular complexity index is 1370. The number of anilines is 2. The maximum atomic E-state index is 14.7. The lowest BCUT2D eigenvalue weighted by Crippen LogP contribution is -2.30. The second-order valence-corrected chi connectivity index (χ2v) is 10.9. The van der Waals surface area contributed by atoms with E-state index in [4.69, 9.17) is 11.6 Å². The number of halogens is 2. The fourth-order valence-corrected chi connectivity index (χ4v) is 6.41. The van der Waals surface area contributed by atoms with Gasteiger partial charge in [-0.05, 0) is 73.7 Å². The second-order valence-electron chi connectivity index (χ2n) is 8.78. The lowest BCUT2D eigenvalue weighted by molar-refractivity contribution is 0.413. The molecule has 3 atom stereocenters. The van der Waals surface area contributed by atoms with Crippen LogP contribution in [-0.4, -0.2) is 8.42 Å². The third kappa shape index (κ3) is 3.91. The van der Waals surface area contributed by atoms with Crippen LogP contribution < -0.4 is 10.0 Å². The Morgan fingerprint density at radius 3 is 2.67 bits per heavy atom. The molecule has 1 aliphatic carbocycles. The normalized spacial score (nSPS) is 21.3. The highest BCUT2D eigenvalue weighted by atomic mass is 35.5. The van der Waals surface area contributed by atoms with Gasteiger partial charge in [0.1, 0.15) is 5.82 Å². The van der Waals surface area contributed by atoms with E-state index in [-0.39, 0.29) is 28.6 Å². The fraction of sp³-hybridized carbons (Fsp3) is 0.231. The third-order valence-electron chi connectivity index (χ3n) is 6.58. The van der Waals surface area contributed by atoms with Crippen molar-refractivity contribution in [3.8, 4) is 0 Å². The Labute approximate surface area is 198 Å². The molecule has 3 aromatic carbocycles. The van der Waals surface area contributed by atoms with Gasteiger partial charge in [-0.25, -0.2) is 12.8 Å². The van der Waals surface area contributed by atoms with Crippen molar-refractivity contribution in [2.24, 2.45) is 5.92 Å². The van der Waals surface area contributed by atoms with Crippen molar-refractivity contribution in [2.75, 3.05) is 10.0 Å². The van der Waals surface area contributed by atoms with Crippen molar-refractivity contribution in [1.82, 2.24) is 0 Å². The number of allylic oxidation sites excluding steroid dienone is 2. The van der Waals surface area contributed by atoms with Crippen molar-refractivity contribution in [3.05, 3.63) is 99.8 Å². The van der Waals surface area contributed by atoms with E-state index < -0.39 is 10.0 Å². The highest BCUT2D eigenvalue weighted by Crippen LogP contribution is 2.51. The van der Waals surface area contributed by atoms with E-state index in [1.54, 1.807) is 36.4 Å². The number of hydrogen-bond donors (Lipinski definition) is 2. The zero-order chi connectivity index (χ0) is 23.3. The van der Waals surface area contributed by atoms with Crippen molar-refractivity contribution < 1.29 is 12.8 Å². The van der Waals surface area contributed by atoms with Crippen LogP contribution >= 0.6 is 11.6 Å². The molecule has 2 aliphatic rings. The van der Waals surface area contributed by atoms with Gasteiger partial charge in [0.05, 0.1) is 16.6 Å². The summed E-state index contributed by atoms with van der Waals surface area (Å²) in [6.07, 6.45) is 4.91. The van der Waals surface area contributed by atoms with Gasteiger partial charge in [-0.3, -0.25) is 4.72 Å². The average Bonchev–Trinajstić information content (AvgIpc) is 3.26. The smallest absolute Gasteiger partial charge is 0.261 e. The molecule has 1 heterocycles. The van der Waals surface area contributed by atoms with Gasteiger partial charge in [0.15, 0.2) is 0 Å². The summed E-state index contributed by atoms with van der Waals surface area (Å²) in [5.74, 6) is -0.332. The Hall–Kier alpha value is -2.83. The van der Waals surface area contributed by atoms with Gasteiger partial charge in [0, 0.05) is 22.2 Å². The number of hydrogen-bond acceptors (Lipinski definition) is 3. The monoisotopic (exact) mass is 482 g/mol. The molecule has 170 valence electrons. The predicted octanol–water partition coefficient (Wildman–Crippen LogP) is 6.72. The fourth-order valence-electron chi connectivity index (χ4n) is 4.96. The van der Waals surface area contributed by atoms with Crippen LogP contribution in [0.25, 0.3) is 0 Å². The molecule has 33 heavy (non-hydrogen) atoms. The maximum Gasteiger partial charge on any atom is 0.261 e. The van der Waals surface area contributed by atoms with Crippen molar-refractivity contribution >= 4 is 33.0 Å². The molecule has 2 N–H and O–H groups in total. The van der Waals surface area contributed by atoms with Crippen LogP contribution in [0.3, 0.4) is 0 Å². The first-order chi connectivity index (χ1) is 15.7. The number of rotatable bonds is 4. The van der Waals surface area contributed by atoms with Crippen molar-refractivity contribution in [2.45, 2.75) is 37.1 Å². The van der Waals surface area contributed by atoms with Crippen LogP contribution in [0.4, 0.5) is 15.8 Å². The SMILES string of the molecule is Cc1ccc(NS(=O)(=O)c2ccc3c(c2)[C@H]2C=CC[C@H]2[C@@H](c2c(F)cccc2Cl)N3)c(C)c1. The molecular weight excluding hydrogens is 459 g/mol. The molecule has 1 aliphatic heterocycles. The molecule has 0 aromatic heterocycles. The van der Waals surface area contributed by atoms with Crippen LogP contribution in [0.15, 0.2) is 71.6 Å². The summed E-state index contributed by atoms with van der Waals surface area (Å²) >= 11 is 6.38. The molecule has 0 radical (unpaired) electrons. The van der Waals surface area contributed by atoms with E-state index in [9.17, 15) is 12.8 Å². The summed E-state index contributed by atoms with van der Waals surface area (Å²) in [5.41, 5.74) is 4.63. The van der Waals surface area contributed by atoms with Crippen molar-refractivity contribution in [1.29, 1.82) is 0 Å². The average molecular weight is 483 g/mol. The number of aryl methyl sites for hydroxylation is 2. The lowest BCUT2D eigenvalue weighted by atomic mass is 9.77. The Morgan fingerprint density at radius 2 is 1.91 bits per heavy atom. The Morgan fingerprint density at radius 1 is 1.09 bits per heavy atom. The molecule has 0 saturated carbocycles. The zero-order valence-electron chi connectivity index (χ0n) is 18.3. The van der Waals surface area contributed by atoms with E-state index in [2.05, 4.69) is 22.2 Å². The summed E-state index contributed by atoms with van der Waals surface area (Å²) in [6.45, 7) is 3.85. The first kappa shape index (κ1) is 22.0. The topological polar surface area (TPSA) is 58.2 Å². The molecule has 5 rings (SSSR count). The van der Waals surface area contributed by atoms with Gasteiger partial charge in [-0.1, -0.05) is 47.5 Å². The predicted molar refractivity (Wildman–Crippen MR) is 131 cm³/mol. The lowest BCUT2D eigenvalue weighted by Gasteiger charge is -2.38. The molecule has 0 saturated heterocycles. The van der Waals surface area contributed by atoms with Gasteiger partial charge in [0.2, 0.25) is 0 Å². The summed E-state index contributed by atoms with van der Waals surface area (Å²) in [7, 11) is -3.77. The van der Waals surface area contributed by atoms with E-state index in [0.717, 1.165) is 28.8 Å². The van der Waals surface area contributed by atoms with Crippen LogP contribution in [0.2, 0.25) is 5.02 Å². The van der Waals surface area contributed by atoms with E-state index >= 15 is 0 Å². The minimum atomic E-state index is -3.77. The molecule has 0 spiro atoms. The highest BCUT2D eigenvalue weighted by Gasteiger charge is 2.40. The number of benzene rings is 3. The van der Waals surface area contributed by atoms with Gasteiger partial charge in [-0.15, -0.1) is 0 Å². The molecule has 4 nitrogen and oxygen atoms in total. The Kier molecular flexibility index (Phi) is 5.46. The Balaban J connectivity index is 1.52. The van der Waals surface area contributed by atoms with Gasteiger partial charge < -0.3 is 5.32 Å². The first-order valence-electron chi connectivity index (χ1n) is 10.9. The highest BCUT2D eigenvalue weighted by molar-refractivity contribution is 7.92. The molecule has 3 aromatic rings. The van der Waals surface area contributed by atoms with Gasteiger partial charge in [0.25, 0.3) is 10.0 Å². The molecular formula is C26H24ClFN2O2S. The largest absolute Gasteiger partial charge is 0.378 e. The summed E-state index contributed by atoms with van der Waals surface area (Å²) < 4.78 is 43.8.